The number of carbonyl (C=O) groups excluding carboxylic acids is 1. The lowest BCUT2D eigenvalue weighted by Gasteiger charge is -2.14. The number of carboxylic acids is 1. The minimum atomic E-state index is -1.25. The van der Waals surface area contributed by atoms with E-state index in [0.717, 1.165) is 5.56 Å². The van der Waals surface area contributed by atoms with E-state index in [1.807, 2.05) is 12.1 Å². The summed E-state index contributed by atoms with van der Waals surface area (Å²) in [5.74, 6) is -0.853. The first-order valence-electron chi connectivity index (χ1n) is 7.77. The minimum Gasteiger partial charge on any atom is -0.493 e. The number of rotatable bonds is 7. The van der Waals surface area contributed by atoms with Crippen LogP contribution >= 0.6 is 27.5 Å². The number of amides is 1. The lowest BCUT2D eigenvalue weighted by atomic mass is 10.1. The number of hydrogen-bond donors (Lipinski definition) is 2. The molecule has 0 bridgehead atoms. The van der Waals surface area contributed by atoms with Gasteiger partial charge in [-0.1, -0.05) is 23.7 Å². The van der Waals surface area contributed by atoms with E-state index in [1.54, 1.807) is 24.3 Å². The summed E-state index contributed by atoms with van der Waals surface area (Å²) in [6.07, 6.45) is 1.33. The van der Waals surface area contributed by atoms with Gasteiger partial charge >= 0.3 is 5.97 Å². The smallest absolute Gasteiger partial charge is 0.352 e. The van der Waals surface area contributed by atoms with Crippen molar-refractivity contribution in [1.29, 1.82) is 0 Å². The fourth-order valence-corrected chi connectivity index (χ4v) is 3.04. The largest absolute Gasteiger partial charge is 0.493 e. The number of hydrogen-bond acceptors (Lipinski definition) is 4. The van der Waals surface area contributed by atoms with E-state index in [0.29, 0.717) is 26.6 Å². The molecule has 142 valence electrons. The van der Waals surface area contributed by atoms with Crippen molar-refractivity contribution in [1.82, 2.24) is 5.32 Å². The standard InChI is InChI=1S/C19H17BrClNO5/c1-11(23)22-16(19(24)25)8-13-7-15(20)18(17(9-13)26-2)27-10-12-4-3-5-14(21)6-12/h3-9H,10H2,1-2H3,(H,22,23)(H,24,25). The monoisotopic (exact) mass is 453 g/mol. The van der Waals surface area contributed by atoms with E-state index >= 15 is 0 Å². The van der Waals surface area contributed by atoms with Gasteiger partial charge in [0.1, 0.15) is 12.3 Å². The quantitative estimate of drug-likeness (QED) is 0.611. The summed E-state index contributed by atoms with van der Waals surface area (Å²) in [6.45, 7) is 1.51. The Morgan fingerprint density at radius 2 is 2.04 bits per heavy atom. The highest BCUT2D eigenvalue weighted by Gasteiger charge is 2.14. The van der Waals surface area contributed by atoms with E-state index in [2.05, 4.69) is 21.2 Å². The van der Waals surface area contributed by atoms with Gasteiger partial charge in [-0.15, -0.1) is 0 Å². The Hall–Kier alpha value is -2.51. The van der Waals surface area contributed by atoms with Crippen LogP contribution in [0.5, 0.6) is 11.5 Å². The first kappa shape index (κ1) is 20.8. The third kappa shape index (κ3) is 6.01. The van der Waals surface area contributed by atoms with Crippen LogP contribution < -0.4 is 14.8 Å². The van der Waals surface area contributed by atoms with E-state index in [9.17, 15) is 14.7 Å². The van der Waals surface area contributed by atoms with E-state index < -0.39 is 11.9 Å². The molecule has 0 atom stereocenters. The van der Waals surface area contributed by atoms with Crippen LogP contribution in [0.1, 0.15) is 18.1 Å². The molecule has 0 fully saturated rings. The molecule has 2 rings (SSSR count). The first-order chi connectivity index (χ1) is 12.8. The molecular formula is C19H17BrClNO5. The molecule has 0 saturated carbocycles. The molecule has 1 amide bonds. The summed E-state index contributed by atoms with van der Waals surface area (Å²) in [4.78, 5) is 22.4. The molecule has 0 heterocycles. The van der Waals surface area contributed by atoms with Crippen molar-refractivity contribution in [2.45, 2.75) is 13.5 Å². The number of nitrogens with one attached hydrogen (secondary N) is 1. The molecule has 0 spiro atoms. The highest BCUT2D eigenvalue weighted by Crippen LogP contribution is 2.37. The summed E-state index contributed by atoms with van der Waals surface area (Å²) in [5.41, 5.74) is 1.16. The average Bonchev–Trinajstić information content (AvgIpc) is 2.59. The highest BCUT2D eigenvalue weighted by molar-refractivity contribution is 9.10. The van der Waals surface area contributed by atoms with Gasteiger partial charge in [0, 0.05) is 11.9 Å². The van der Waals surface area contributed by atoms with E-state index in [1.165, 1.54) is 20.1 Å². The maximum atomic E-state index is 11.3. The summed E-state index contributed by atoms with van der Waals surface area (Å²) in [5, 5.41) is 12.1. The molecule has 0 aliphatic heterocycles. The van der Waals surface area contributed by atoms with Gasteiger partial charge in [-0.2, -0.15) is 0 Å². The first-order valence-corrected chi connectivity index (χ1v) is 8.94. The van der Waals surface area contributed by atoms with Gasteiger partial charge in [0.05, 0.1) is 11.6 Å². The maximum Gasteiger partial charge on any atom is 0.352 e. The molecule has 0 saturated heterocycles. The summed E-state index contributed by atoms with van der Waals surface area (Å²) in [7, 11) is 1.48. The molecule has 6 nitrogen and oxygen atoms in total. The van der Waals surface area contributed by atoms with Gasteiger partial charge in [0.15, 0.2) is 11.5 Å². The van der Waals surface area contributed by atoms with Crippen LogP contribution in [0.2, 0.25) is 5.02 Å². The Bertz CT molecular complexity index is 898. The number of benzene rings is 2. The van der Waals surface area contributed by atoms with Crippen LogP contribution in [0.3, 0.4) is 0 Å². The van der Waals surface area contributed by atoms with Crippen LogP contribution in [0.4, 0.5) is 0 Å². The molecular weight excluding hydrogens is 438 g/mol. The third-order valence-electron chi connectivity index (χ3n) is 3.38. The van der Waals surface area contributed by atoms with Crippen molar-refractivity contribution in [2.24, 2.45) is 0 Å². The van der Waals surface area contributed by atoms with Crippen LogP contribution in [0.25, 0.3) is 6.08 Å². The van der Waals surface area contributed by atoms with Gasteiger partial charge in [0.2, 0.25) is 5.91 Å². The highest BCUT2D eigenvalue weighted by atomic mass is 79.9. The third-order valence-corrected chi connectivity index (χ3v) is 4.20. The number of aliphatic carboxylic acids is 1. The van der Waals surface area contributed by atoms with Gasteiger partial charge in [0.25, 0.3) is 0 Å². The van der Waals surface area contributed by atoms with Crippen molar-refractivity contribution in [2.75, 3.05) is 7.11 Å². The Labute approximate surface area is 169 Å². The number of ether oxygens (including phenoxy) is 2. The molecule has 2 aromatic carbocycles. The predicted molar refractivity (Wildman–Crippen MR) is 106 cm³/mol. The van der Waals surface area contributed by atoms with E-state index in [4.69, 9.17) is 21.1 Å². The fraction of sp³-hybridized carbons (Fsp3) is 0.158. The van der Waals surface area contributed by atoms with Crippen molar-refractivity contribution < 1.29 is 24.2 Å². The average molecular weight is 455 g/mol. The second-order valence-corrected chi connectivity index (χ2v) is 6.79. The predicted octanol–water partition coefficient (Wildman–Crippen LogP) is 4.25. The summed E-state index contributed by atoms with van der Waals surface area (Å²) >= 11 is 9.38. The molecule has 8 heteroatoms. The molecule has 0 aliphatic carbocycles. The molecule has 2 aromatic rings. The number of halogens is 2. The van der Waals surface area contributed by atoms with E-state index in [-0.39, 0.29) is 12.3 Å². The SMILES string of the molecule is COc1cc(C=C(NC(C)=O)C(=O)O)cc(Br)c1OCc1cccc(Cl)c1. The zero-order valence-corrected chi connectivity index (χ0v) is 16.9. The molecule has 0 unspecified atom stereocenters. The Morgan fingerprint density at radius 3 is 2.63 bits per heavy atom. The molecule has 27 heavy (non-hydrogen) atoms. The second-order valence-electron chi connectivity index (χ2n) is 5.50. The lowest BCUT2D eigenvalue weighted by molar-refractivity contribution is -0.134. The number of carbonyl (C=O) groups is 2. The zero-order valence-electron chi connectivity index (χ0n) is 14.6. The zero-order chi connectivity index (χ0) is 20.0. The molecule has 0 aromatic heterocycles. The van der Waals surface area contributed by atoms with Crippen molar-refractivity contribution in [3.63, 3.8) is 0 Å². The van der Waals surface area contributed by atoms with Gasteiger partial charge < -0.3 is 19.9 Å². The van der Waals surface area contributed by atoms with Gasteiger partial charge in [-0.25, -0.2) is 4.79 Å². The topological polar surface area (TPSA) is 84.9 Å². The Kier molecular flexibility index (Phi) is 7.27. The van der Waals surface area contributed by atoms with Crippen LogP contribution in [-0.2, 0) is 16.2 Å². The van der Waals surface area contributed by atoms with Crippen LogP contribution in [0, 0.1) is 0 Å². The van der Waals surface area contributed by atoms with Gasteiger partial charge in [-0.05, 0) is 57.4 Å². The number of carboxylic acid groups (broad SMARTS) is 1. The summed E-state index contributed by atoms with van der Waals surface area (Å²) < 4.78 is 11.8. The van der Waals surface area contributed by atoms with Crippen molar-refractivity contribution in [3.8, 4) is 11.5 Å². The second kappa shape index (κ2) is 9.43. The molecule has 0 radical (unpaired) electrons. The molecule has 2 N–H and O–H groups in total. The Morgan fingerprint density at radius 1 is 1.30 bits per heavy atom. The number of methoxy groups -OCH3 is 1. The fourth-order valence-electron chi connectivity index (χ4n) is 2.25. The van der Waals surface area contributed by atoms with Crippen molar-refractivity contribution >= 4 is 45.5 Å². The Balaban J connectivity index is 2.30. The van der Waals surface area contributed by atoms with Crippen molar-refractivity contribution in [3.05, 3.63) is 62.7 Å². The van der Waals surface area contributed by atoms with Crippen LogP contribution in [0.15, 0.2) is 46.6 Å². The normalized spacial score (nSPS) is 11.0. The maximum absolute atomic E-state index is 11.3. The van der Waals surface area contributed by atoms with Crippen LogP contribution in [-0.4, -0.2) is 24.1 Å². The molecule has 0 aliphatic rings. The lowest BCUT2D eigenvalue weighted by Crippen LogP contribution is -2.24. The summed E-state index contributed by atoms with van der Waals surface area (Å²) in [6, 6.07) is 10.6. The minimum absolute atomic E-state index is 0.246. The van der Waals surface area contributed by atoms with Gasteiger partial charge in [-0.3, -0.25) is 4.79 Å².